The Morgan fingerprint density at radius 1 is 1.12 bits per heavy atom. The van der Waals surface area contributed by atoms with Gasteiger partial charge in [-0.1, -0.05) is 37.5 Å². The highest BCUT2D eigenvalue weighted by molar-refractivity contribution is 5.27. The summed E-state index contributed by atoms with van der Waals surface area (Å²) < 4.78 is 0. The van der Waals surface area contributed by atoms with Gasteiger partial charge in [0.05, 0.1) is 0 Å². The van der Waals surface area contributed by atoms with Crippen LogP contribution >= 0.6 is 0 Å². The zero-order valence-corrected chi connectivity index (χ0v) is 10.8. The molecule has 4 N–H and O–H groups in total. The van der Waals surface area contributed by atoms with E-state index in [0.29, 0.717) is 12.0 Å². The van der Waals surface area contributed by atoms with Crippen molar-refractivity contribution in [2.24, 2.45) is 17.4 Å². The van der Waals surface area contributed by atoms with Crippen LogP contribution in [0.15, 0.2) is 23.8 Å². The Morgan fingerprint density at radius 2 is 1.88 bits per heavy atom. The number of allylic oxidation sites excluding steroid dienone is 2. The van der Waals surface area contributed by atoms with Gasteiger partial charge in [-0.2, -0.15) is 0 Å². The molecular weight excluding hydrogens is 208 g/mol. The SMILES string of the molecule is NC(CC(N)C1CCCCC1)C1=CCCC=C1. The van der Waals surface area contributed by atoms with Gasteiger partial charge in [-0.15, -0.1) is 0 Å². The molecule has 2 aliphatic carbocycles. The van der Waals surface area contributed by atoms with E-state index in [9.17, 15) is 0 Å². The van der Waals surface area contributed by atoms with Crippen molar-refractivity contribution in [1.29, 1.82) is 0 Å². The largest absolute Gasteiger partial charge is 0.327 e. The first-order valence-corrected chi connectivity index (χ1v) is 7.15. The maximum Gasteiger partial charge on any atom is 0.0306 e. The summed E-state index contributed by atoms with van der Waals surface area (Å²) in [5.74, 6) is 0.711. The molecule has 0 aromatic heterocycles. The molecule has 17 heavy (non-hydrogen) atoms. The second-order valence-corrected chi connectivity index (χ2v) is 5.59. The molecule has 2 unspecified atom stereocenters. The Morgan fingerprint density at radius 3 is 2.53 bits per heavy atom. The van der Waals surface area contributed by atoms with Gasteiger partial charge in [-0.3, -0.25) is 0 Å². The van der Waals surface area contributed by atoms with Gasteiger partial charge in [0.2, 0.25) is 0 Å². The van der Waals surface area contributed by atoms with Gasteiger partial charge in [0.25, 0.3) is 0 Å². The molecule has 2 aliphatic rings. The van der Waals surface area contributed by atoms with Crippen LogP contribution < -0.4 is 11.5 Å². The van der Waals surface area contributed by atoms with Crippen molar-refractivity contribution in [3.8, 4) is 0 Å². The average molecular weight is 234 g/mol. The van der Waals surface area contributed by atoms with E-state index < -0.39 is 0 Å². The fourth-order valence-electron chi connectivity index (χ4n) is 3.09. The van der Waals surface area contributed by atoms with Crippen molar-refractivity contribution in [2.75, 3.05) is 0 Å². The van der Waals surface area contributed by atoms with Crippen molar-refractivity contribution in [1.82, 2.24) is 0 Å². The molecule has 96 valence electrons. The van der Waals surface area contributed by atoms with Gasteiger partial charge < -0.3 is 11.5 Å². The van der Waals surface area contributed by atoms with Crippen molar-refractivity contribution < 1.29 is 0 Å². The first-order chi connectivity index (χ1) is 8.27. The summed E-state index contributed by atoms with van der Waals surface area (Å²) >= 11 is 0. The standard InChI is InChI=1S/C15H26N2/c16-14(12-7-3-1-4-8-12)11-15(17)13-9-5-2-6-10-13/h3,7-8,13-15H,1-2,4-6,9-11,16-17H2. The van der Waals surface area contributed by atoms with E-state index in [2.05, 4.69) is 18.2 Å². The number of nitrogens with two attached hydrogens (primary N) is 2. The Balaban J connectivity index is 1.82. The van der Waals surface area contributed by atoms with Gasteiger partial charge in [-0.05, 0) is 43.6 Å². The van der Waals surface area contributed by atoms with Crippen molar-refractivity contribution in [3.63, 3.8) is 0 Å². The predicted octanol–water partition coefficient (Wildman–Crippen LogP) is 2.89. The van der Waals surface area contributed by atoms with E-state index >= 15 is 0 Å². The molecule has 0 amide bonds. The van der Waals surface area contributed by atoms with E-state index in [1.165, 1.54) is 37.7 Å². The minimum atomic E-state index is 0.142. The maximum atomic E-state index is 6.32. The fraction of sp³-hybridized carbons (Fsp3) is 0.733. The lowest BCUT2D eigenvalue weighted by atomic mass is 9.81. The third kappa shape index (κ3) is 3.68. The molecule has 2 heteroatoms. The van der Waals surface area contributed by atoms with Crippen molar-refractivity contribution >= 4 is 0 Å². The Labute approximate surface area is 105 Å². The van der Waals surface area contributed by atoms with Crippen LogP contribution in [0.25, 0.3) is 0 Å². The van der Waals surface area contributed by atoms with Crippen LogP contribution in [0.3, 0.4) is 0 Å². The second-order valence-electron chi connectivity index (χ2n) is 5.59. The van der Waals surface area contributed by atoms with E-state index in [1.807, 2.05) is 0 Å². The summed E-state index contributed by atoms with van der Waals surface area (Å²) in [4.78, 5) is 0. The van der Waals surface area contributed by atoms with Crippen molar-refractivity contribution in [3.05, 3.63) is 23.8 Å². The molecule has 0 saturated heterocycles. The lowest BCUT2D eigenvalue weighted by Crippen LogP contribution is -2.38. The van der Waals surface area contributed by atoms with Gasteiger partial charge in [-0.25, -0.2) is 0 Å². The zero-order valence-electron chi connectivity index (χ0n) is 10.8. The summed E-state index contributed by atoms with van der Waals surface area (Å²) in [6, 6.07) is 0.435. The normalized spacial score (nSPS) is 25.4. The molecule has 2 atom stereocenters. The Hall–Kier alpha value is -0.600. The van der Waals surface area contributed by atoms with Crippen LogP contribution in [0.5, 0.6) is 0 Å². The molecule has 0 spiro atoms. The smallest absolute Gasteiger partial charge is 0.0306 e. The molecule has 0 radical (unpaired) electrons. The van der Waals surface area contributed by atoms with Crippen molar-refractivity contribution in [2.45, 2.75) is 63.5 Å². The molecule has 0 aliphatic heterocycles. The minimum absolute atomic E-state index is 0.142. The molecule has 2 nitrogen and oxygen atoms in total. The molecule has 0 bridgehead atoms. The predicted molar refractivity (Wildman–Crippen MR) is 73.6 cm³/mol. The minimum Gasteiger partial charge on any atom is -0.327 e. The maximum absolute atomic E-state index is 6.32. The lowest BCUT2D eigenvalue weighted by molar-refractivity contribution is 0.289. The van der Waals surface area contributed by atoms with Crippen LogP contribution in [0.2, 0.25) is 0 Å². The van der Waals surface area contributed by atoms with Crippen LogP contribution in [0, 0.1) is 5.92 Å². The summed E-state index contributed by atoms with van der Waals surface area (Å²) in [7, 11) is 0. The number of rotatable bonds is 4. The Bertz CT molecular complexity index is 287. The summed E-state index contributed by atoms with van der Waals surface area (Å²) in [6.07, 6.45) is 16.6. The molecule has 0 heterocycles. The van der Waals surface area contributed by atoms with Gasteiger partial charge in [0, 0.05) is 12.1 Å². The van der Waals surface area contributed by atoms with Crippen LogP contribution in [-0.2, 0) is 0 Å². The average Bonchev–Trinajstić information content (AvgIpc) is 2.40. The van der Waals surface area contributed by atoms with E-state index in [-0.39, 0.29) is 6.04 Å². The highest BCUT2D eigenvalue weighted by Crippen LogP contribution is 2.28. The zero-order chi connectivity index (χ0) is 12.1. The van der Waals surface area contributed by atoms with Gasteiger partial charge in [0.15, 0.2) is 0 Å². The van der Waals surface area contributed by atoms with Crippen LogP contribution in [-0.4, -0.2) is 12.1 Å². The highest BCUT2D eigenvalue weighted by Gasteiger charge is 2.23. The third-order valence-electron chi connectivity index (χ3n) is 4.23. The van der Waals surface area contributed by atoms with Crippen LogP contribution in [0.4, 0.5) is 0 Å². The second kappa shape index (κ2) is 6.36. The quantitative estimate of drug-likeness (QED) is 0.786. The molecule has 0 aromatic carbocycles. The molecule has 1 fully saturated rings. The Kier molecular flexibility index (Phi) is 4.81. The van der Waals surface area contributed by atoms with Crippen LogP contribution in [0.1, 0.15) is 51.4 Å². The number of hydrogen-bond acceptors (Lipinski definition) is 2. The van der Waals surface area contributed by atoms with E-state index in [4.69, 9.17) is 11.5 Å². The summed E-state index contributed by atoms with van der Waals surface area (Å²) in [5, 5.41) is 0. The topological polar surface area (TPSA) is 52.0 Å². The highest BCUT2D eigenvalue weighted by atomic mass is 14.7. The fourth-order valence-corrected chi connectivity index (χ4v) is 3.09. The molecule has 2 rings (SSSR count). The third-order valence-corrected chi connectivity index (χ3v) is 4.23. The lowest BCUT2D eigenvalue weighted by Gasteiger charge is -2.29. The van der Waals surface area contributed by atoms with E-state index in [0.717, 1.165) is 19.3 Å². The molecule has 0 aromatic rings. The summed E-state index contributed by atoms with van der Waals surface area (Å²) in [5.41, 5.74) is 13.9. The first kappa shape index (κ1) is 12.8. The van der Waals surface area contributed by atoms with Gasteiger partial charge >= 0.3 is 0 Å². The molecular formula is C15H26N2. The first-order valence-electron chi connectivity index (χ1n) is 7.15. The number of hydrogen-bond donors (Lipinski definition) is 2. The van der Waals surface area contributed by atoms with Gasteiger partial charge in [0.1, 0.15) is 0 Å². The van der Waals surface area contributed by atoms with E-state index in [1.54, 1.807) is 0 Å². The monoisotopic (exact) mass is 234 g/mol. The summed E-state index contributed by atoms with van der Waals surface area (Å²) in [6.45, 7) is 0. The molecule has 1 saturated carbocycles.